The molecule has 2 amide bonds. The minimum Gasteiger partial charge on any atom is -0.404 e. The summed E-state index contributed by atoms with van der Waals surface area (Å²) in [6.07, 6.45) is -3.38. The number of ether oxygens (including phenoxy) is 1. The lowest BCUT2D eigenvalue weighted by Crippen LogP contribution is -2.47. The second-order valence-electron chi connectivity index (χ2n) is 7.97. The number of nitrogens with zero attached hydrogens (tertiary/aromatic N) is 5. The Morgan fingerprint density at radius 3 is 2.56 bits per heavy atom. The van der Waals surface area contributed by atoms with Crippen LogP contribution in [0.5, 0.6) is 5.75 Å². The summed E-state index contributed by atoms with van der Waals surface area (Å²) >= 11 is 1.09. The highest BCUT2D eigenvalue weighted by Gasteiger charge is 2.33. The number of aromatic nitrogens is 3. The Morgan fingerprint density at radius 2 is 1.86 bits per heavy atom. The van der Waals surface area contributed by atoms with Crippen molar-refractivity contribution < 1.29 is 27.5 Å². The van der Waals surface area contributed by atoms with E-state index >= 15 is 0 Å². The number of hydrogen-bond donors (Lipinski definition) is 2. The van der Waals surface area contributed by atoms with Crippen molar-refractivity contribution in [2.24, 2.45) is 0 Å². The average Bonchev–Trinajstić information content (AvgIpc) is 3.30. The number of benzene rings is 1. The van der Waals surface area contributed by atoms with Crippen LogP contribution in [0.25, 0.3) is 10.7 Å². The fraction of sp³-hybridized carbons (Fsp3) is 0.318. The third kappa shape index (κ3) is 6.96. The summed E-state index contributed by atoms with van der Waals surface area (Å²) in [6.45, 7) is 2.86. The predicted octanol–water partition coefficient (Wildman–Crippen LogP) is 2.94. The summed E-state index contributed by atoms with van der Waals surface area (Å²) in [4.78, 5) is 33.5. The van der Waals surface area contributed by atoms with Gasteiger partial charge < -0.3 is 15.0 Å². The fourth-order valence-electron chi connectivity index (χ4n) is 3.42. The van der Waals surface area contributed by atoms with E-state index in [0.29, 0.717) is 23.8 Å². The molecule has 0 radical (unpaired) electrons. The first-order chi connectivity index (χ1) is 17.2. The van der Waals surface area contributed by atoms with Crippen LogP contribution < -0.4 is 15.4 Å². The number of nitrogens with one attached hydrogen (secondary N) is 2. The summed E-state index contributed by atoms with van der Waals surface area (Å²) in [5, 5.41) is 13.6. The zero-order valence-corrected chi connectivity index (χ0v) is 19.9. The minimum absolute atomic E-state index is 0.00317. The molecule has 4 rings (SSSR count). The number of hydrogen-bond acceptors (Lipinski definition) is 9. The molecule has 0 aliphatic carbocycles. The summed E-state index contributed by atoms with van der Waals surface area (Å²) in [6, 6.07) is 8.54. The van der Waals surface area contributed by atoms with Crippen molar-refractivity contribution >= 4 is 34.0 Å². The number of likely N-dealkylation sites (N-methyl/N-ethyl adjacent to an activating group) is 1. The van der Waals surface area contributed by atoms with Gasteiger partial charge in [0.1, 0.15) is 5.69 Å². The molecule has 3 heterocycles. The van der Waals surface area contributed by atoms with Crippen LogP contribution in [-0.4, -0.2) is 82.9 Å². The lowest BCUT2D eigenvalue weighted by atomic mass is 10.1. The maximum Gasteiger partial charge on any atom is 0.573 e. The molecule has 2 N–H and O–H groups in total. The summed E-state index contributed by atoms with van der Waals surface area (Å²) in [7, 11) is 1.97. The normalized spacial score (nSPS) is 14.9. The molecule has 190 valence electrons. The molecule has 36 heavy (non-hydrogen) atoms. The second kappa shape index (κ2) is 11.0. The lowest BCUT2D eigenvalue weighted by molar-refractivity contribution is -0.274. The number of rotatable bonds is 7. The first-order valence-electron chi connectivity index (χ1n) is 10.8. The van der Waals surface area contributed by atoms with Gasteiger partial charge in [0.2, 0.25) is 11.0 Å². The largest absolute Gasteiger partial charge is 0.573 e. The zero-order chi connectivity index (χ0) is 25.7. The van der Waals surface area contributed by atoms with Crippen LogP contribution in [0.15, 0.2) is 42.6 Å². The standard InChI is InChI=1S/C22H22F3N7O3S/c1-31-8-10-32(11-9-31)13-18(33)27-16-12-14(5-6-17(16)35-22(23,24)25)19(34)28-21-30-29-20(36-21)15-4-2-3-7-26-15/h2-7,12H,8-11,13H2,1H3,(H,27,33)(H,28,30,34). The van der Waals surface area contributed by atoms with Crippen LogP contribution in [-0.2, 0) is 4.79 Å². The number of alkyl halides is 3. The van der Waals surface area contributed by atoms with Crippen LogP contribution >= 0.6 is 11.3 Å². The summed E-state index contributed by atoms with van der Waals surface area (Å²) in [5.74, 6) is -1.79. The number of pyridine rings is 1. The number of piperazine rings is 1. The molecule has 10 nitrogen and oxygen atoms in total. The summed E-state index contributed by atoms with van der Waals surface area (Å²) in [5.41, 5.74) is 0.300. The van der Waals surface area contributed by atoms with Crippen molar-refractivity contribution in [3.8, 4) is 16.5 Å². The van der Waals surface area contributed by atoms with Crippen LogP contribution in [0.2, 0.25) is 0 Å². The number of halogens is 3. The smallest absolute Gasteiger partial charge is 0.404 e. The molecule has 1 aliphatic heterocycles. The van der Waals surface area contributed by atoms with E-state index in [9.17, 15) is 22.8 Å². The molecule has 3 aromatic rings. The van der Waals surface area contributed by atoms with E-state index < -0.39 is 23.9 Å². The summed E-state index contributed by atoms with van der Waals surface area (Å²) < 4.78 is 42.8. The monoisotopic (exact) mass is 521 g/mol. The van der Waals surface area contributed by atoms with Crippen molar-refractivity contribution in [1.82, 2.24) is 25.0 Å². The average molecular weight is 522 g/mol. The van der Waals surface area contributed by atoms with Gasteiger partial charge in [0.05, 0.1) is 12.2 Å². The number of carbonyl (C=O) groups is 2. The van der Waals surface area contributed by atoms with Crippen molar-refractivity contribution in [3.63, 3.8) is 0 Å². The highest BCUT2D eigenvalue weighted by atomic mass is 32.1. The van der Waals surface area contributed by atoms with Gasteiger partial charge in [-0.2, -0.15) is 0 Å². The molecule has 1 aromatic carbocycles. The van der Waals surface area contributed by atoms with Crippen molar-refractivity contribution in [1.29, 1.82) is 0 Å². The molecule has 0 unspecified atom stereocenters. The van der Waals surface area contributed by atoms with Crippen LogP contribution in [0.1, 0.15) is 10.4 Å². The van der Waals surface area contributed by atoms with E-state index in [1.165, 1.54) is 0 Å². The van der Waals surface area contributed by atoms with Crippen LogP contribution in [0, 0.1) is 0 Å². The SMILES string of the molecule is CN1CCN(CC(=O)Nc2cc(C(=O)Nc3nnc(-c4ccccn4)s3)ccc2OC(F)(F)F)CC1. The zero-order valence-electron chi connectivity index (χ0n) is 19.1. The molecular weight excluding hydrogens is 499 g/mol. The van der Waals surface area contributed by atoms with Gasteiger partial charge in [0.25, 0.3) is 5.91 Å². The van der Waals surface area contributed by atoms with E-state index in [1.807, 2.05) is 11.9 Å². The molecule has 0 bridgehead atoms. The highest BCUT2D eigenvalue weighted by Crippen LogP contribution is 2.32. The van der Waals surface area contributed by atoms with E-state index in [1.54, 1.807) is 24.4 Å². The molecule has 2 aromatic heterocycles. The number of carbonyl (C=O) groups excluding carboxylic acids is 2. The van der Waals surface area contributed by atoms with Gasteiger partial charge in [-0.1, -0.05) is 17.4 Å². The molecule has 0 atom stereocenters. The Morgan fingerprint density at radius 1 is 1.08 bits per heavy atom. The van der Waals surface area contributed by atoms with E-state index in [-0.39, 0.29) is 22.9 Å². The van der Waals surface area contributed by atoms with E-state index in [2.05, 4.69) is 35.5 Å². The van der Waals surface area contributed by atoms with Crippen molar-refractivity contribution in [3.05, 3.63) is 48.2 Å². The third-order valence-corrected chi connectivity index (χ3v) is 6.10. The van der Waals surface area contributed by atoms with Gasteiger partial charge in [-0.05, 0) is 37.4 Å². The number of anilines is 2. The van der Waals surface area contributed by atoms with Crippen LogP contribution in [0.4, 0.5) is 24.0 Å². The molecular formula is C22H22F3N7O3S. The molecule has 14 heteroatoms. The molecule has 0 saturated carbocycles. The van der Waals surface area contributed by atoms with Gasteiger partial charge in [-0.25, -0.2) is 0 Å². The topological polar surface area (TPSA) is 113 Å². The Labute approximate surface area is 208 Å². The second-order valence-corrected chi connectivity index (χ2v) is 8.95. The Kier molecular flexibility index (Phi) is 7.76. The van der Waals surface area contributed by atoms with Crippen molar-refractivity contribution in [2.75, 3.05) is 50.4 Å². The number of amides is 2. The molecule has 1 aliphatic rings. The van der Waals surface area contributed by atoms with Gasteiger partial charge in [0, 0.05) is 37.9 Å². The Hall–Kier alpha value is -3.62. The highest BCUT2D eigenvalue weighted by molar-refractivity contribution is 7.18. The Bertz CT molecular complexity index is 1220. The van der Waals surface area contributed by atoms with Gasteiger partial charge in [0.15, 0.2) is 10.8 Å². The quantitative estimate of drug-likeness (QED) is 0.488. The van der Waals surface area contributed by atoms with E-state index in [4.69, 9.17) is 0 Å². The minimum atomic E-state index is -4.98. The van der Waals surface area contributed by atoms with Crippen molar-refractivity contribution in [2.45, 2.75) is 6.36 Å². The maximum atomic E-state index is 12.9. The predicted molar refractivity (Wildman–Crippen MR) is 127 cm³/mol. The Balaban J connectivity index is 1.48. The molecule has 1 saturated heterocycles. The fourth-order valence-corrected chi connectivity index (χ4v) is 4.13. The molecule has 0 spiro atoms. The lowest BCUT2D eigenvalue weighted by Gasteiger charge is -2.31. The van der Waals surface area contributed by atoms with Gasteiger partial charge in [-0.3, -0.25) is 24.8 Å². The maximum absolute atomic E-state index is 12.9. The van der Waals surface area contributed by atoms with Gasteiger partial charge in [-0.15, -0.1) is 23.4 Å². The van der Waals surface area contributed by atoms with E-state index in [0.717, 1.165) is 42.6 Å². The third-order valence-electron chi connectivity index (χ3n) is 5.23. The van der Waals surface area contributed by atoms with Crippen LogP contribution in [0.3, 0.4) is 0 Å². The first-order valence-corrected chi connectivity index (χ1v) is 11.6. The first kappa shape index (κ1) is 25.5. The van der Waals surface area contributed by atoms with Gasteiger partial charge >= 0.3 is 6.36 Å². The molecule has 1 fully saturated rings.